The molecule has 0 aliphatic carbocycles. The van der Waals surface area contributed by atoms with E-state index in [0.717, 1.165) is 5.56 Å². The number of aromatic amines is 1. The molecule has 0 spiro atoms. The average molecular weight is 486 g/mol. The molecule has 0 unspecified atom stereocenters. The number of halogens is 2. The van der Waals surface area contributed by atoms with Crippen molar-refractivity contribution in [2.75, 3.05) is 25.3 Å². The van der Waals surface area contributed by atoms with Crippen molar-refractivity contribution in [3.8, 4) is 22.6 Å². The van der Waals surface area contributed by atoms with E-state index < -0.39 is 5.56 Å². The summed E-state index contributed by atoms with van der Waals surface area (Å²) in [7, 11) is 2.94. The predicted octanol–water partition coefficient (Wildman–Crippen LogP) is 5.25. The highest BCUT2D eigenvalue weighted by Gasteiger charge is 2.22. The summed E-state index contributed by atoms with van der Waals surface area (Å²) in [6.45, 7) is 3.74. The first-order chi connectivity index (χ1) is 15.7. The van der Waals surface area contributed by atoms with Gasteiger partial charge in [0.05, 0.1) is 46.9 Å². The van der Waals surface area contributed by atoms with Crippen LogP contribution < -0.4 is 26.1 Å². The number of hydrogen-bond donors (Lipinski definition) is 3. The number of nitrogen functional groups attached to an aromatic ring is 1. The first-order valence-corrected chi connectivity index (χ1v) is 10.6. The molecule has 2 heterocycles. The minimum Gasteiger partial charge on any atom is -0.495 e. The van der Waals surface area contributed by atoms with Crippen molar-refractivity contribution in [1.29, 1.82) is 0 Å². The summed E-state index contributed by atoms with van der Waals surface area (Å²) >= 11 is 13.0. The SMILES string of the molecule is COc1cc(OC)c(Cl)c(-c2cc3c(C)nc(Nc4c(C)cccc4N)nc3[nH]c2=O)c1Cl. The van der Waals surface area contributed by atoms with Gasteiger partial charge in [-0.3, -0.25) is 4.79 Å². The molecule has 4 aromatic rings. The molecule has 8 nitrogen and oxygen atoms in total. The Labute approximate surface area is 199 Å². The van der Waals surface area contributed by atoms with E-state index in [4.69, 9.17) is 38.4 Å². The van der Waals surface area contributed by atoms with Crippen LogP contribution in [0.2, 0.25) is 10.0 Å². The van der Waals surface area contributed by atoms with Gasteiger partial charge in [-0.25, -0.2) is 4.98 Å². The molecule has 33 heavy (non-hydrogen) atoms. The zero-order valence-corrected chi connectivity index (χ0v) is 19.9. The van der Waals surface area contributed by atoms with Crippen LogP contribution in [0, 0.1) is 13.8 Å². The Hall–Kier alpha value is -3.49. The van der Waals surface area contributed by atoms with Gasteiger partial charge in [-0.05, 0) is 31.5 Å². The van der Waals surface area contributed by atoms with Crippen LogP contribution in [-0.2, 0) is 0 Å². The molecule has 0 aliphatic rings. The molecule has 10 heteroatoms. The number of fused-ring (bicyclic) bond motifs is 1. The largest absolute Gasteiger partial charge is 0.495 e. The first-order valence-electron chi connectivity index (χ1n) is 9.89. The summed E-state index contributed by atoms with van der Waals surface area (Å²) < 4.78 is 10.6. The molecule has 0 radical (unpaired) electrons. The molecular formula is C23H21Cl2N5O3. The van der Waals surface area contributed by atoms with Crippen molar-refractivity contribution >= 4 is 51.6 Å². The molecule has 4 N–H and O–H groups in total. The van der Waals surface area contributed by atoms with Gasteiger partial charge in [0.1, 0.15) is 17.1 Å². The average Bonchev–Trinajstić information content (AvgIpc) is 2.77. The van der Waals surface area contributed by atoms with E-state index in [1.54, 1.807) is 18.2 Å². The number of hydrogen-bond acceptors (Lipinski definition) is 7. The van der Waals surface area contributed by atoms with E-state index in [-0.39, 0.29) is 15.6 Å². The Morgan fingerprint density at radius 3 is 2.30 bits per heavy atom. The Balaban J connectivity index is 1.89. The molecule has 4 rings (SSSR count). The van der Waals surface area contributed by atoms with E-state index in [1.807, 2.05) is 26.0 Å². The van der Waals surface area contributed by atoms with E-state index in [1.165, 1.54) is 14.2 Å². The second-order valence-electron chi connectivity index (χ2n) is 7.36. The van der Waals surface area contributed by atoms with Crippen molar-refractivity contribution in [1.82, 2.24) is 15.0 Å². The summed E-state index contributed by atoms with van der Waals surface area (Å²) in [6.07, 6.45) is 0. The van der Waals surface area contributed by atoms with Gasteiger partial charge in [0, 0.05) is 17.0 Å². The van der Waals surface area contributed by atoms with Gasteiger partial charge in [0.2, 0.25) is 5.95 Å². The van der Waals surface area contributed by atoms with Crippen molar-refractivity contribution in [3.63, 3.8) is 0 Å². The summed E-state index contributed by atoms with van der Waals surface area (Å²) in [5.41, 5.74) is 9.39. The third-order valence-corrected chi connectivity index (χ3v) is 6.04. The summed E-state index contributed by atoms with van der Waals surface area (Å²) in [6, 6.07) is 8.80. The third kappa shape index (κ3) is 4.03. The molecule has 0 atom stereocenters. The number of nitrogens with one attached hydrogen (secondary N) is 2. The standard InChI is InChI=1S/C23H21Cl2N5O3/c1-10-6-5-7-14(26)20(10)28-23-27-11(2)12-8-13(22(31)29-21(12)30-23)17-18(24)15(32-3)9-16(33-4)19(17)25/h5-9H,26H2,1-4H3,(H2,27,28,29,30,31). The molecule has 0 saturated heterocycles. The quantitative estimate of drug-likeness (QED) is 0.330. The first kappa shape index (κ1) is 22.7. The molecule has 0 fully saturated rings. The van der Waals surface area contributed by atoms with E-state index >= 15 is 0 Å². The molecule has 0 saturated carbocycles. The van der Waals surface area contributed by atoms with Crippen molar-refractivity contribution in [3.05, 3.63) is 62.0 Å². The number of para-hydroxylation sites is 1. The van der Waals surface area contributed by atoms with Crippen LogP contribution in [0.5, 0.6) is 11.5 Å². The summed E-state index contributed by atoms with van der Waals surface area (Å²) in [5, 5.41) is 4.16. The van der Waals surface area contributed by atoms with Crippen LogP contribution in [0.3, 0.4) is 0 Å². The van der Waals surface area contributed by atoms with Gasteiger partial charge >= 0.3 is 0 Å². The van der Waals surface area contributed by atoms with Gasteiger partial charge in [0.25, 0.3) is 5.56 Å². The summed E-state index contributed by atoms with van der Waals surface area (Å²) in [5.74, 6) is 0.968. The fourth-order valence-corrected chi connectivity index (χ4v) is 4.28. The van der Waals surface area contributed by atoms with E-state index in [2.05, 4.69) is 20.3 Å². The number of aromatic nitrogens is 3. The number of benzene rings is 2. The Kier molecular flexibility index (Phi) is 6.05. The molecule has 0 amide bonds. The lowest BCUT2D eigenvalue weighted by Crippen LogP contribution is -2.12. The third-order valence-electron chi connectivity index (χ3n) is 5.29. The van der Waals surface area contributed by atoms with Crippen LogP contribution >= 0.6 is 23.2 Å². The number of nitrogens with two attached hydrogens (primary N) is 1. The normalized spacial score (nSPS) is 11.0. The second-order valence-corrected chi connectivity index (χ2v) is 8.11. The molecule has 0 aliphatic heterocycles. The second kappa shape index (κ2) is 8.80. The van der Waals surface area contributed by atoms with Crippen molar-refractivity contribution in [2.24, 2.45) is 0 Å². The van der Waals surface area contributed by atoms with Gasteiger partial charge in [-0.2, -0.15) is 4.98 Å². The number of H-pyrrole nitrogens is 1. The maximum Gasteiger partial charge on any atom is 0.257 e. The van der Waals surface area contributed by atoms with Gasteiger partial charge in [-0.15, -0.1) is 0 Å². The van der Waals surface area contributed by atoms with Crippen LogP contribution in [0.1, 0.15) is 11.3 Å². The Morgan fingerprint density at radius 2 is 1.70 bits per heavy atom. The fraction of sp³-hybridized carbons (Fsp3) is 0.174. The van der Waals surface area contributed by atoms with Crippen LogP contribution in [0.15, 0.2) is 35.1 Å². The molecule has 2 aromatic heterocycles. The van der Waals surface area contributed by atoms with Crippen molar-refractivity contribution in [2.45, 2.75) is 13.8 Å². The molecular weight excluding hydrogens is 465 g/mol. The summed E-state index contributed by atoms with van der Waals surface area (Å²) in [4.78, 5) is 24.9. The number of ether oxygens (including phenoxy) is 2. The number of pyridine rings is 1. The van der Waals surface area contributed by atoms with Crippen LogP contribution in [0.4, 0.5) is 17.3 Å². The molecule has 2 aromatic carbocycles. The highest BCUT2D eigenvalue weighted by atomic mass is 35.5. The lowest BCUT2D eigenvalue weighted by Gasteiger charge is -2.15. The van der Waals surface area contributed by atoms with Gasteiger partial charge in [0.15, 0.2) is 0 Å². The highest BCUT2D eigenvalue weighted by molar-refractivity contribution is 6.41. The minimum absolute atomic E-state index is 0.194. The number of anilines is 3. The van der Waals surface area contributed by atoms with Crippen molar-refractivity contribution < 1.29 is 9.47 Å². The highest BCUT2D eigenvalue weighted by Crippen LogP contribution is 2.45. The van der Waals surface area contributed by atoms with Crippen LogP contribution in [0.25, 0.3) is 22.2 Å². The Morgan fingerprint density at radius 1 is 1.03 bits per heavy atom. The molecule has 0 bridgehead atoms. The topological polar surface area (TPSA) is 115 Å². The van der Waals surface area contributed by atoms with Crippen LogP contribution in [-0.4, -0.2) is 29.2 Å². The lowest BCUT2D eigenvalue weighted by molar-refractivity contribution is 0.395. The number of aryl methyl sites for hydroxylation is 2. The Bertz CT molecular complexity index is 1400. The van der Waals surface area contributed by atoms with E-state index in [0.29, 0.717) is 51.1 Å². The van der Waals surface area contributed by atoms with Gasteiger partial charge in [-0.1, -0.05) is 35.3 Å². The fourth-order valence-electron chi connectivity index (χ4n) is 3.57. The van der Waals surface area contributed by atoms with E-state index in [9.17, 15) is 4.79 Å². The zero-order valence-electron chi connectivity index (χ0n) is 18.3. The lowest BCUT2D eigenvalue weighted by atomic mass is 10.0. The minimum atomic E-state index is -0.430. The molecule has 170 valence electrons. The zero-order chi connectivity index (χ0) is 23.9. The number of nitrogens with zero attached hydrogens (tertiary/aromatic N) is 2. The van der Waals surface area contributed by atoms with Gasteiger partial charge < -0.3 is 25.5 Å². The maximum atomic E-state index is 13.1. The smallest absolute Gasteiger partial charge is 0.257 e. The number of methoxy groups -OCH3 is 2. The number of rotatable bonds is 5. The maximum absolute atomic E-state index is 13.1. The monoisotopic (exact) mass is 485 g/mol. The predicted molar refractivity (Wildman–Crippen MR) is 132 cm³/mol.